The van der Waals surface area contributed by atoms with Crippen molar-refractivity contribution < 1.29 is 0 Å². The Morgan fingerprint density at radius 1 is 0.840 bits per heavy atom. The fourth-order valence-electron chi connectivity index (χ4n) is 2.87. The summed E-state index contributed by atoms with van der Waals surface area (Å²) in [5.41, 5.74) is 11.5. The van der Waals surface area contributed by atoms with Crippen LogP contribution < -0.4 is 5.73 Å². The summed E-state index contributed by atoms with van der Waals surface area (Å²) >= 11 is 0. The number of rotatable bonds is 7. The zero-order chi connectivity index (χ0) is 17.5. The molecule has 3 rings (SSSR count). The maximum Gasteiger partial charge on any atom is 0.0547 e. The van der Waals surface area contributed by atoms with Gasteiger partial charge in [0.05, 0.1) is 5.69 Å². The van der Waals surface area contributed by atoms with Crippen molar-refractivity contribution in [2.75, 3.05) is 0 Å². The Bertz CT molecular complexity index is 785. The standard InChI is InChI=1S/C21H24N4/c1-17-4-2-6-21(24-17)16-25(15-20-5-3-11-23-13-20)14-19-9-7-18(12-22)8-10-19/h2-11,13H,12,14-16,22H2,1H3. The van der Waals surface area contributed by atoms with E-state index in [4.69, 9.17) is 5.73 Å². The molecule has 0 atom stereocenters. The van der Waals surface area contributed by atoms with Crippen LogP contribution >= 0.6 is 0 Å². The van der Waals surface area contributed by atoms with Crippen LogP contribution in [0.5, 0.6) is 0 Å². The van der Waals surface area contributed by atoms with Crippen molar-refractivity contribution >= 4 is 0 Å². The third kappa shape index (κ3) is 5.21. The van der Waals surface area contributed by atoms with Gasteiger partial charge in [0.25, 0.3) is 0 Å². The smallest absolute Gasteiger partial charge is 0.0547 e. The highest BCUT2D eigenvalue weighted by atomic mass is 15.1. The first kappa shape index (κ1) is 17.3. The van der Waals surface area contributed by atoms with Crippen LogP contribution in [-0.2, 0) is 26.2 Å². The fraction of sp³-hybridized carbons (Fsp3) is 0.238. The molecule has 0 fully saturated rings. The summed E-state index contributed by atoms with van der Waals surface area (Å²) in [7, 11) is 0. The van der Waals surface area contributed by atoms with Crippen LogP contribution in [0, 0.1) is 6.92 Å². The first-order valence-corrected chi connectivity index (χ1v) is 8.54. The van der Waals surface area contributed by atoms with Gasteiger partial charge < -0.3 is 5.73 Å². The molecule has 0 radical (unpaired) electrons. The number of pyridine rings is 2. The van der Waals surface area contributed by atoms with Crippen molar-refractivity contribution in [2.45, 2.75) is 33.1 Å². The van der Waals surface area contributed by atoms with Gasteiger partial charge in [-0.3, -0.25) is 14.9 Å². The van der Waals surface area contributed by atoms with Crippen molar-refractivity contribution in [3.63, 3.8) is 0 Å². The SMILES string of the molecule is Cc1cccc(CN(Cc2ccc(CN)cc2)Cc2cccnc2)n1. The Balaban J connectivity index is 1.77. The van der Waals surface area contributed by atoms with Gasteiger partial charge in [-0.2, -0.15) is 0 Å². The molecule has 0 saturated heterocycles. The van der Waals surface area contributed by atoms with Crippen molar-refractivity contribution in [3.8, 4) is 0 Å². The van der Waals surface area contributed by atoms with Crippen LogP contribution in [0.4, 0.5) is 0 Å². The Kier molecular flexibility index (Phi) is 5.88. The molecule has 2 heterocycles. The predicted molar refractivity (Wildman–Crippen MR) is 100 cm³/mol. The number of hydrogen-bond donors (Lipinski definition) is 1. The summed E-state index contributed by atoms with van der Waals surface area (Å²) in [5, 5.41) is 0. The van der Waals surface area contributed by atoms with Crippen LogP contribution in [-0.4, -0.2) is 14.9 Å². The second-order valence-electron chi connectivity index (χ2n) is 6.30. The Morgan fingerprint density at radius 3 is 2.28 bits per heavy atom. The van der Waals surface area contributed by atoms with E-state index >= 15 is 0 Å². The number of benzene rings is 1. The van der Waals surface area contributed by atoms with Gasteiger partial charge in [-0.25, -0.2) is 0 Å². The molecule has 2 N–H and O–H groups in total. The molecule has 128 valence electrons. The third-order valence-electron chi connectivity index (χ3n) is 4.13. The Labute approximate surface area is 149 Å². The molecule has 0 unspecified atom stereocenters. The average Bonchev–Trinajstić information content (AvgIpc) is 2.63. The number of aromatic nitrogens is 2. The molecule has 0 aliphatic heterocycles. The van der Waals surface area contributed by atoms with Crippen molar-refractivity contribution in [3.05, 3.63) is 95.1 Å². The van der Waals surface area contributed by atoms with Crippen LogP contribution in [0.3, 0.4) is 0 Å². The van der Waals surface area contributed by atoms with Gasteiger partial charge in [-0.15, -0.1) is 0 Å². The van der Waals surface area contributed by atoms with Gasteiger partial charge in [-0.1, -0.05) is 36.4 Å². The normalized spacial score (nSPS) is 11.0. The molecule has 0 aliphatic carbocycles. The van der Waals surface area contributed by atoms with Crippen molar-refractivity contribution in [1.82, 2.24) is 14.9 Å². The highest BCUT2D eigenvalue weighted by molar-refractivity contribution is 5.22. The van der Waals surface area contributed by atoms with Gasteiger partial charge in [0, 0.05) is 44.3 Å². The molecular formula is C21H24N4. The molecule has 2 aromatic heterocycles. The Morgan fingerprint density at radius 2 is 1.60 bits per heavy atom. The van der Waals surface area contributed by atoms with Gasteiger partial charge in [-0.05, 0) is 41.8 Å². The zero-order valence-corrected chi connectivity index (χ0v) is 14.6. The molecule has 0 spiro atoms. The molecule has 4 heteroatoms. The minimum absolute atomic E-state index is 0.576. The van der Waals surface area contributed by atoms with E-state index in [0.29, 0.717) is 6.54 Å². The summed E-state index contributed by atoms with van der Waals surface area (Å²) in [4.78, 5) is 11.3. The lowest BCUT2D eigenvalue weighted by atomic mass is 10.1. The maximum absolute atomic E-state index is 5.69. The predicted octanol–water partition coefficient (Wildman–Crippen LogP) is 3.45. The van der Waals surface area contributed by atoms with E-state index in [-0.39, 0.29) is 0 Å². The zero-order valence-electron chi connectivity index (χ0n) is 14.6. The lowest BCUT2D eigenvalue weighted by molar-refractivity contribution is 0.244. The number of hydrogen-bond acceptors (Lipinski definition) is 4. The highest BCUT2D eigenvalue weighted by Crippen LogP contribution is 2.14. The second kappa shape index (κ2) is 8.51. The number of aryl methyl sites for hydroxylation is 1. The third-order valence-corrected chi connectivity index (χ3v) is 4.13. The molecule has 0 amide bonds. The summed E-state index contributed by atoms with van der Waals surface area (Å²) in [6.45, 7) is 5.10. The first-order chi connectivity index (χ1) is 12.2. The lowest BCUT2D eigenvalue weighted by Gasteiger charge is -2.22. The highest BCUT2D eigenvalue weighted by Gasteiger charge is 2.10. The Hall–Kier alpha value is -2.56. The molecule has 0 saturated carbocycles. The van der Waals surface area contributed by atoms with Crippen LogP contribution in [0.2, 0.25) is 0 Å². The van der Waals surface area contributed by atoms with E-state index < -0.39 is 0 Å². The van der Waals surface area contributed by atoms with Gasteiger partial charge in [0.15, 0.2) is 0 Å². The largest absolute Gasteiger partial charge is 0.326 e. The average molecular weight is 332 g/mol. The maximum atomic E-state index is 5.69. The van der Waals surface area contributed by atoms with E-state index in [1.54, 1.807) is 0 Å². The minimum atomic E-state index is 0.576. The first-order valence-electron chi connectivity index (χ1n) is 8.54. The topological polar surface area (TPSA) is 55.0 Å². The van der Waals surface area contributed by atoms with Gasteiger partial charge >= 0.3 is 0 Å². The molecule has 0 bridgehead atoms. The van der Waals surface area contributed by atoms with Gasteiger partial charge in [0.1, 0.15) is 0 Å². The van der Waals surface area contributed by atoms with Crippen LogP contribution in [0.1, 0.15) is 28.1 Å². The molecule has 3 aromatic rings. The molecular weight excluding hydrogens is 308 g/mol. The van der Waals surface area contributed by atoms with E-state index in [1.165, 1.54) is 11.1 Å². The van der Waals surface area contributed by atoms with E-state index in [2.05, 4.69) is 57.3 Å². The number of nitrogens with two attached hydrogens (primary N) is 1. The van der Waals surface area contributed by atoms with Crippen molar-refractivity contribution in [2.24, 2.45) is 5.73 Å². The summed E-state index contributed by atoms with van der Waals surface area (Å²) < 4.78 is 0. The van der Waals surface area contributed by atoms with Crippen LogP contribution in [0.15, 0.2) is 67.0 Å². The second-order valence-corrected chi connectivity index (χ2v) is 6.30. The minimum Gasteiger partial charge on any atom is -0.326 e. The summed E-state index contributed by atoms with van der Waals surface area (Å²) in [6, 6.07) is 18.8. The molecule has 25 heavy (non-hydrogen) atoms. The summed E-state index contributed by atoms with van der Waals surface area (Å²) in [5.74, 6) is 0. The van der Waals surface area contributed by atoms with Gasteiger partial charge in [0.2, 0.25) is 0 Å². The summed E-state index contributed by atoms with van der Waals surface area (Å²) in [6.07, 6.45) is 3.73. The van der Waals surface area contributed by atoms with E-state index in [0.717, 1.165) is 36.6 Å². The van der Waals surface area contributed by atoms with Crippen LogP contribution in [0.25, 0.3) is 0 Å². The lowest BCUT2D eigenvalue weighted by Crippen LogP contribution is -2.23. The quantitative estimate of drug-likeness (QED) is 0.720. The van der Waals surface area contributed by atoms with E-state index in [1.807, 2.05) is 31.5 Å². The number of nitrogens with zero attached hydrogens (tertiary/aromatic N) is 3. The fourth-order valence-corrected chi connectivity index (χ4v) is 2.87. The van der Waals surface area contributed by atoms with Crippen molar-refractivity contribution in [1.29, 1.82) is 0 Å². The molecule has 1 aromatic carbocycles. The monoisotopic (exact) mass is 332 g/mol. The molecule has 4 nitrogen and oxygen atoms in total. The molecule has 0 aliphatic rings. The van der Waals surface area contributed by atoms with E-state index in [9.17, 15) is 0 Å².